The zero-order chi connectivity index (χ0) is 65.6. The molecule has 25 heteroatoms. The smallest absolute Gasteiger partial charge is 0.410 e. The van der Waals surface area contributed by atoms with Crippen molar-refractivity contribution in [3.8, 4) is 0 Å². The summed E-state index contributed by atoms with van der Waals surface area (Å²) in [5, 5.41) is 4.20. The molecule has 0 atom stereocenters. The van der Waals surface area contributed by atoms with Crippen molar-refractivity contribution < 1.29 is 55.6 Å². The van der Waals surface area contributed by atoms with E-state index in [2.05, 4.69) is 42.0 Å². The van der Waals surface area contributed by atoms with Gasteiger partial charge in [-0.25, -0.2) is 37.1 Å². The number of amides is 2. The van der Waals surface area contributed by atoms with Crippen molar-refractivity contribution in [1.29, 1.82) is 0 Å². The van der Waals surface area contributed by atoms with Crippen LogP contribution < -0.4 is 29.8 Å². The van der Waals surface area contributed by atoms with Gasteiger partial charge < -0.3 is 68.0 Å². The Morgan fingerprint density at radius 3 is 1.48 bits per heavy atom. The fourth-order valence-corrected chi connectivity index (χ4v) is 14.2. The number of piperazine rings is 2. The minimum atomic E-state index is -0.730. The SMILES string of the molecule is Cc1c(N2CCN(C(=O)OC(C)(C)C)CC2)nc2cc(F)cc(F)c2c1Cl.Cc1c(N2CCN(C(=O)OC(C)(C)C)CC2)nc2cc(F)cc(F)c2c1N1CC2(CCOCC2)c2ncc(N3CCOCC3)cc21.c1nc2c(cc1N1CCOCC1)NCC21CCOCC1. The Labute approximate surface area is 545 Å². The summed E-state index contributed by atoms with van der Waals surface area (Å²) in [6, 6.07) is 8.65. The van der Waals surface area contributed by atoms with Gasteiger partial charge in [0.2, 0.25) is 0 Å². The van der Waals surface area contributed by atoms with Gasteiger partial charge in [-0.2, -0.15) is 0 Å². The summed E-state index contributed by atoms with van der Waals surface area (Å²) in [6.45, 7) is 29.6. The number of halogens is 5. The lowest BCUT2D eigenvalue weighted by Gasteiger charge is -2.38. The molecule has 0 aliphatic carbocycles. The van der Waals surface area contributed by atoms with Crippen LogP contribution in [0.1, 0.15) is 89.7 Å². The number of hydrogen-bond donors (Lipinski definition) is 1. The topological polar surface area (TPSA) is 176 Å². The molecule has 6 saturated heterocycles. The Morgan fingerprint density at radius 1 is 0.538 bits per heavy atom. The molecule has 0 bridgehead atoms. The van der Waals surface area contributed by atoms with Crippen molar-refractivity contribution >= 4 is 85.7 Å². The highest BCUT2D eigenvalue weighted by molar-refractivity contribution is 6.36. The summed E-state index contributed by atoms with van der Waals surface area (Å²) >= 11 is 6.35. The molecule has 2 amide bonds. The third-order valence-corrected chi connectivity index (χ3v) is 19.3. The van der Waals surface area contributed by atoms with Gasteiger partial charge in [-0.1, -0.05) is 11.6 Å². The van der Waals surface area contributed by atoms with Crippen LogP contribution in [0.5, 0.6) is 0 Å². The fourth-order valence-electron chi connectivity index (χ4n) is 13.9. The van der Waals surface area contributed by atoms with Gasteiger partial charge in [0.25, 0.3) is 0 Å². The number of carbonyl (C=O) groups is 2. The summed E-state index contributed by atoms with van der Waals surface area (Å²) in [5.41, 5.74) is 7.96. The van der Waals surface area contributed by atoms with Crippen LogP contribution in [0.3, 0.4) is 0 Å². The van der Waals surface area contributed by atoms with E-state index in [1.54, 1.807) is 16.7 Å². The summed E-state index contributed by atoms with van der Waals surface area (Å²) in [4.78, 5) is 58.4. The first-order valence-corrected chi connectivity index (χ1v) is 32.9. The van der Waals surface area contributed by atoms with E-state index in [1.165, 1.54) is 29.2 Å². The molecule has 1 N–H and O–H groups in total. The van der Waals surface area contributed by atoms with Crippen molar-refractivity contribution in [3.63, 3.8) is 0 Å². The van der Waals surface area contributed by atoms with Crippen LogP contribution in [-0.2, 0) is 39.3 Å². The molecule has 2 spiro atoms. The van der Waals surface area contributed by atoms with Gasteiger partial charge in [0.1, 0.15) is 46.1 Å². The zero-order valence-electron chi connectivity index (χ0n) is 54.6. The zero-order valence-corrected chi connectivity index (χ0v) is 55.3. The highest BCUT2D eigenvalue weighted by Gasteiger charge is 2.48. The Morgan fingerprint density at radius 2 is 0.978 bits per heavy atom. The highest BCUT2D eigenvalue weighted by Crippen LogP contribution is 2.53. The largest absolute Gasteiger partial charge is 0.444 e. The number of ether oxygens (including phenoxy) is 6. The second-order valence-corrected chi connectivity index (χ2v) is 27.7. The first-order valence-electron chi connectivity index (χ1n) is 32.5. The molecule has 0 radical (unpaired) electrons. The van der Waals surface area contributed by atoms with E-state index >= 15 is 4.39 Å². The van der Waals surface area contributed by atoms with Crippen LogP contribution in [0.2, 0.25) is 5.02 Å². The van der Waals surface area contributed by atoms with Crippen molar-refractivity contribution in [2.24, 2.45) is 0 Å². The summed E-state index contributed by atoms with van der Waals surface area (Å²) in [6.07, 6.45) is 7.06. The van der Waals surface area contributed by atoms with Crippen molar-refractivity contribution in [2.45, 2.75) is 103 Å². The van der Waals surface area contributed by atoms with E-state index in [-0.39, 0.29) is 44.5 Å². The number of aromatic nitrogens is 4. The number of benzene rings is 2. The van der Waals surface area contributed by atoms with Gasteiger partial charge in [0.15, 0.2) is 0 Å². The lowest BCUT2D eigenvalue weighted by Crippen LogP contribution is -2.50. The third kappa shape index (κ3) is 14.0. The minimum Gasteiger partial charge on any atom is -0.444 e. The number of rotatable bonds is 5. The first kappa shape index (κ1) is 65.8. The molecule has 2 aromatic carbocycles. The maximum absolute atomic E-state index is 15.9. The van der Waals surface area contributed by atoms with Crippen LogP contribution >= 0.6 is 11.6 Å². The molecule has 0 unspecified atom stereocenters. The molecule has 0 saturated carbocycles. The summed E-state index contributed by atoms with van der Waals surface area (Å²) in [7, 11) is 0. The lowest BCUT2D eigenvalue weighted by atomic mass is 9.78. The van der Waals surface area contributed by atoms with Gasteiger partial charge >= 0.3 is 12.2 Å². The molecule has 500 valence electrons. The number of carbonyl (C=O) groups excluding carboxylic acids is 2. The standard InChI is InChI=1S/C34H42F2N6O4.C19H22ClF2N3O2.C15H21N3O2/c1-22-29(42-21-34(5-13-44-14-6-34)30-27(42)19-24(20-37-30)39-11-15-45-16-12-39)28-25(36)17-23(35)18-26(28)38-31(22)40-7-9-41(10-8-40)32(43)46-33(2,3)4;1-11-16(20)15-13(22)9-12(21)10-14(15)23-17(11)24-5-7-25(8-6-24)18(26)27-19(2,3)4;1-5-19-6-2-15(1)11-17-13-9-12(10-16-14(13)15)18-3-7-20-8-4-18/h17-20H,5-16,21H2,1-4H3;9-10H,5-8H2,1-4H3;9-10,17H,1-8,11H2. The average molecular weight is 1310 g/mol. The van der Waals surface area contributed by atoms with Gasteiger partial charge in [0.05, 0.1) is 105 Å². The molecule has 6 fully saturated rings. The second kappa shape index (κ2) is 26.9. The van der Waals surface area contributed by atoms with E-state index in [1.807, 2.05) is 65.8 Å². The molecule has 20 nitrogen and oxygen atoms in total. The maximum atomic E-state index is 15.9. The Hall–Kier alpha value is -7.25. The Balaban J connectivity index is 0.000000149. The summed E-state index contributed by atoms with van der Waals surface area (Å²) < 4.78 is 91.6. The highest BCUT2D eigenvalue weighted by atomic mass is 35.5. The van der Waals surface area contributed by atoms with Crippen LogP contribution in [0.4, 0.5) is 67.2 Å². The predicted molar refractivity (Wildman–Crippen MR) is 351 cm³/mol. The normalized spacial score (nSPS) is 19.6. The van der Waals surface area contributed by atoms with Crippen LogP contribution in [0.15, 0.2) is 48.8 Å². The number of pyridine rings is 4. The molecular formula is C68H85ClF4N12O8. The van der Waals surface area contributed by atoms with E-state index in [0.717, 1.165) is 120 Å². The lowest BCUT2D eigenvalue weighted by molar-refractivity contribution is 0.0230. The molecular weight excluding hydrogens is 1220 g/mol. The van der Waals surface area contributed by atoms with Crippen molar-refractivity contribution in [3.05, 3.63) is 99.6 Å². The van der Waals surface area contributed by atoms with Gasteiger partial charge in [-0.15, -0.1) is 0 Å². The van der Waals surface area contributed by atoms with E-state index in [4.69, 9.17) is 55.0 Å². The predicted octanol–water partition coefficient (Wildman–Crippen LogP) is 11.2. The monoisotopic (exact) mass is 1310 g/mol. The van der Waals surface area contributed by atoms with Crippen LogP contribution in [-0.4, -0.2) is 198 Å². The van der Waals surface area contributed by atoms with E-state index in [9.17, 15) is 22.8 Å². The van der Waals surface area contributed by atoms with Crippen molar-refractivity contribution in [2.75, 3.05) is 174 Å². The molecule has 4 aromatic heterocycles. The third-order valence-electron chi connectivity index (χ3n) is 18.8. The number of hydrogen-bond acceptors (Lipinski definition) is 18. The second-order valence-electron chi connectivity index (χ2n) is 27.3. The summed E-state index contributed by atoms with van der Waals surface area (Å²) in [5.74, 6) is -1.52. The van der Waals surface area contributed by atoms with Gasteiger partial charge in [-0.3, -0.25) is 9.97 Å². The molecule has 12 heterocycles. The average Bonchev–Trinajstić information content (AvgIpc) is 1.61. The quantitative estimate of drug-likeness (QED) is 0.161. The van der Waals surface area contributed by atoms with E-state index in [0.29, 0.717) is 114 Å². The molecule has 14 rings (SSSR count). The Kier molecular flexibility index (Phi) is 19.0. The molecule has 6 aromatic rings. The van der Waals surface area contributed by atoms with Crippen molar-refractivity contribution in [1.82, 2.24) is 29.7 Å². The number of fused-ring (bicyclic) bond motifs is 6. The van der Waals surface area contributed by atoms with E-state index < -0.39 is 34.5 Å². The van der Waals surface area contributed by atoms with Gasteiger partial charge in [-0.05, 0) is 93.2 Å². The van der Waals surface area contributed by atoms with Crippen LogP contribution in [0, 0.1) is 37.1 Å². The number of anilines is 7. The number of nitrogens with one attached hydrogen (secondary N) is 1. The fraction of sp³-hybridized carbons (Fsp3) is 0.559. The minimum absolute atomic E-state index is 0.117. The maximum Gasteiger partial charge on any atom is 0.410 e. The van der Waals surface area contributed by atoms with Gasteiger partial charge in [0, 0.05) is 164 Å². The van der Waals surface area contributed by atoms with Crippen LogP contribution in [0.25, 0.3) is 21.8 Å². The number of nitrogens with zero attached hydrogens (tertiary/aromatic N) is 11. The number of morpholine rings is 2. The molecule has 8 aliphatic heterocycles. The molecule has 8 aliphatic rings. The first-order chi connectivity index (χ1) is 44.5. The molecule has 93 heavy (non-hydrogen) atoms. The Bertz CT molecular complexity index is 3740.